The topological polar surface area (TPSA) is 69.7 Å². The molecule has 0 aliphatic carbocycles. The molecule has 1 aliphatic rings. The van der Waals surface area contributed by atoms with Gasteiger partial charge < -0.3 is 4.90 Å². The molecule has 1 aliphatic heterocycles. The van der Waals surface area contributed by atoms with Gasteiger partial charge in [0, 0.05) is 25.3 Å². The number of imide groups is 2. The van der Waals surface area contributed by atoms with Crippen LogP contribution < -0.4 is 10.2 Å². The minimum atomic E-state index is -0.749. The third-order valence-electron chi connectivity index (χ3n) is 5.06. The van der Waals surface area contributed by atoms with Crippen molar-refractivity contribution < 1.29 is 18.8 Å². The van der Waals surface area contributed by atoms with E-state index in [0.29, 0.717) is 12.0 Å². The van der Waals surface area contributed by atoms with Crippen molar-refractivity contribution in [3.8, 4) is 0 Å². The zero-order valence-electron chi connectivity index (χ0n) is 17.0. The van der Waals surface area contributed by atoms with Gasteiger partial charge in [0.1, 0.15) is 11.4 Å². The third kappa shape index (κ3) is 4.74. The van der Waals surface area contributed by atoms with Crippen LogP contribution >= 0.6 is 0 Å². The predicted octanol–water partition coefficient (Wildman–Crippen LogP) is 3.38. The van der Waals surface area contributed by atoms with E-state index in [9.17, 15) is 18.8 Å². The maximum absolute atomic E-state index is 13.0. The van der Waals surface area contributed by atoms with E-state index >= 15 is 0 Å². The summed E-state index contributed by atoms with van der Waals surface area (Å²) in [4.78, 5) is 40.4. The number of hydrogen-bond donors (Lipinski definition) is 1. The number of carbonyl (C=O) groups is 3. The summed E-state index contributed by atoms with van der Waals surface area (Å²) in [5, 5.41) is 2.21. The Morgan fingerprint density at radius 1 is 0.967 bits per heavy atom. The quantitative estimate of drug-likeness (QED) is 0.562. The molecule has 0 radical (unpaired) electrons. The molecule has 1 N–H and O–H groups in total. The fourth-order valence-electron chi connectivity index (χ4n) is 3.33. The molecule has 1 heterocycles. The fourth-order valence-corrected chi connectivity index (χ4v) is 3.33. The number of amides is 4. The minimum absolute atomic E-state index is 0.0851. The van der Waals surface area contributed by atoms with Gasteiger partial charge in [-0.3, -0.25) is 19.8 Å². The highest BCUT2D eigenvalue weighted by Gasteiger charge is 2.35. The lowest BCUT2D eigenvalue weighted by molar-refractivity contribution is -0.130. The van der Waals surface area contributed by atoms with Crippen LogP contribution in [0.4, 0.5) is 14.9 Å². The van der Waals surface area contributed by atoms with Gasteiger partial charge >= 0.3 is 6.03 Å². The maximum atomic E-state index is 13.0. The van der Waals surface area contributed by atoms with Crippen molar-refractivity contribution >= 4 is 29.6 Å². The molecule has 4 amide bonds. The van der Waals surface area contributed by atoms with Crippen molar-refractivity contribution in [3.63, 3.8) is 0 Å². The van der Waals surface area contributed by atoms with Crippen LogP contribution in [0, 0.1) is 5.82 Å². The van der Waals surface area contributed by atoms with E-state index in [-0.39, 0.29) is 17.9 Å². The van der Waals surface area contributed by atoms with E-state index in [1.54, 1.807) is 12.1 Å². The fraction of sp³-hybridized carbons (Fsp3) is 0.261. The second-order valence-electron chi connectivity index (χ2n) is 6.91. The number of anilines is 1. The van der Waals surface area contributed by atoms with E-state index in [1.807, 2.05) is 24.3 Å². The van der Waals surface area contributed by atoms with Crippen molar-refractivity contribution in [2.24, 2.45) is 0 Å². The number of nitrogens with zero attached hydrogens (tertiary/aromatic N) is 2. The number of rotatable bonds is 7. The molecule has 0 saturated carbocycles. The zero-order chi connectivity index (χ0) is 21.7. The average molecular weight is 409 g/mol. The molecule has 2 aromatic carbocycles. The van der Waals surface area contributed by atoms with Crippen molar-refractivity contribution in [1.29, 1.82) is 0 Å². The normalized spacial score (nSPS) is 15.5. The lowest BCUT2D eigenvalue weighted by Crippen LogP contribution is -2.54. The molecule has 1 saturated heterocycles. The van der Waals surface area contributed by atoms with Crippen molar-refractivity contribution in [3.05, 3.63) is 71.0 Å². The van der Waals surface area contributed by atoms with Gasteiger partial charge in [0.25, 0.3) is 11.8 Å². The lowest BCUT2D eigenvalue weighted by atomic mass is 10.1. The average Bonchev–Trinajstić information content (AvgIpc) is 2.74. The summed E-state index contributed by atoms with van der Waals surface area (Å²) in [5.74, 6) is -1.71. The second kappa shape index (κ2) is 9.35. The van der Waals surface area contributed by atoms with Crippen LogP contribution in [0.5, 0.6) is 0 Å². The summed E-state index contributed by atoms with van der Waals surface area (Å²) >= 11 is 0. The van der Waals surface area contributed by atoms with E-state index in [4.69, 9.17) is 0 Å². The van der Waals surface area contributed by atoms with E-state index < -0.39 is 17.8 Å². The van der Waals surface area contributed by atoms with Crippen LogP contribution in [-0.2, 0) is 16.0 Å². The van der Waals surface area contributed by atoms with Crippen molar-refractivity contribution in [2.75, 3.05) is 24.5 Å². The van der Waals surface area contributed by atoms with Gasteiger partial charge in [0.2, 0.25) is 0 Å². The number of urea groups is 1. The summed E-state index contributed by atoms with van der Waals surface area (Å²) in [5.41, 5.74) is 2.44. The SMILES string of the molecule is CCN(CC)c1ccc(C=C2C(=O)NC(=O)N(CCc3ccc(F)cc3)C2=O)cc1. The van der Waals surface area contributed by atoms with Crippen LogP contribution in [0.15, 0.2) is 54.1 Å². The molecule has 3 rings (SSSR count). The highest BCUT2D eigenvalue weighted by molar-refractivity contribution is 6.31. The Hall–Kier alpha value is -3.48. The van der Waals surface area contributed by atoms with Gasteiger partial charge in [-0.1, -0.05) is 24.3 Å². The Morgan fingerprint density at radius 2 is 1.60 bits per heavy atom. The highest BCUT2D eigenvalue weighted by atomic mass is 19.1. The van der Waals surface area contributed by atoms with Crippen LogP contribution in [0.25, 0.3) is 6.08 Å². The predicted molar refractivity (Wildman–Crippen MR) is 113 cm³/mol. The molecule has 0 bridgehead atoms. The van der Waals surface area contributed by atoms with Crippen molar-refractivity contribution in [1.82, 2.24) is 10.2 Å². The number of barbiturate groups is 1. The Balaban J connectivity index is 1.76. The molecule has 6 nitrogen and oxygen atoms in total. The second-order valence-corrected chi connectivity index (χ2v) is 6.91. The molecule has 2 aromatic rings. The third-order valence-corrected chi connectivity index (χ3v) is 5.06. The van der Waals surface area contributed by atoms with Crippen LogP contribution in [0.3, 0.4) is 0 Å². The number of benzene rings is 2. The standard InChI is InChI=1S/C23H24FN3O3/c1-3-26(4-2)19-11-7-17(8-12-19)15-20-21(28)25-23(30)27(22(20)29)14-13-16-5-9-18(24)10-6-16/h5-12,15H,3-4,13-14H2,1-2H3,(H,25,28,30). The lowest BCUT2D eigenvalue weighted by Gasteiger charge is -2.26. The van der Waals surface area contributed by atoms with Gasteiger partial charge in [-0.2, -0.15) is 0 Å². The molecule has 156 valence electrons. The smallest absolute Gasteiger partial charge is 0.331 e. The van der Waals surface area contributed by atoms with Gasteiger partial charge in [0.05, 0.1) is 0 Å². The molecule has 7 heteroatoms. The van der Waals surface area contributed by atoms with E-state index in [1.165, 1.54) is 18.2 Å². The number of hydrogen-bond acceptors (Lipinski definition) is 4. The highest BCUT2D eigenvalue weighted by Crippen LogP contribution is 2.19. The number of halogens is 1. The minimum Gasteiger partial charge on any atom is -0.372 e. The summed E-state index contributed by atoms with van der Waals surface area (Å²) in [6, 6.07) is 12.6. The Morgan fingerprint density at radius 3 is 2.20 bits per heavy atom. The first-order valence-corrected chi connectivity index (χ1v) is 9.91. The molecule has 0 spiro atoms. The van der Waals surface area contributed by atoms with Gasteiger partial charge in [-0.05, 0) is 61.7 Å². The zero-order valence-corrected chi connectivity index (χ0v) is 17.0. The first-order valence-electron chi connectivity index (χ1n) is 9.91. The number of nitrogens with one attached hydrogen (secondary N) is 1. The van der Waals surface area contributed by atoms with Gasteiger partial charge in [-0.15, -0.1) is 0 Å². The van der Waals surface area contributed by atoms with Crippen LogP contribution in [0.1, 0.15) is 25.0 Å². The molecule has 30 heavy (non-hydrogen) atoms. The molecule has 0 unspecified atom stereocenters. The molecule has 0 aromatic heterocycles. The number of carbonyl (C=O) groups excluding carboxylic acids is 3. The Bertz CT molecular complexity index is 964. The Kier molecular flexibility index (Phi) is 6.61. The van der Waals surface area contributed by atoms with Gasteiger partial charge in [0.15, 0.2) is 0 Å². The molecular formula is C23H24FN3O3. The molecular weight excluding hydrogens is 385 g/mol. The van der Waals surface area contributed by atoms with E-state index in [0.717, 1.165) is 29.2 Å². The van der Waals surface area contributed by atoms with Gasteiger partial charge in [-0.25, -0.2) is 9.18 Å². The summed E-state index contributed by atoms with van der Waals surface area (Å²) in [7, 11) is 0. The summed E-state index contributed by atoms with van der Waals surface area (Å²) in [6.07, 6.45) is 1.85. The van der Waals surface area contributed by atoms with Crippen LogP contribution in [-0.4, -0.2) is 42.4 Å². The first kappa shape index (κ1) is 21.2. The molecule has 1 fully saturated rings. The largest absolute Gasteiger partial charge is 0.372 e. The first-order chi connectivity index (χ1) is 14.4. The van der Waals surface area contributed by atoms with E-state index in [2.05, 4.69) is 24.1 Å². The van der Waals surface area contributed by atoms with Crippen LogP contribution in [0.2, 0.25) is 0 Å². The maximum Gasteiger partial charge on any atom is 0.331 e. The monoisotopic (exact) mass is 409 g/mol. The Labute approximate surface area is 175 Å². The molecule has 0 atom stereocenters. The summed E-state index contributed by atoms with van der Waals surface area (Å²) in [6.45, 7) is 5.98. The van der Waals surface area contributed by atoms with Crippen molar-refractivity contribution in [2.45, 2.75) is 20.3 Å². The summed E-state index contributed by atoms with van der Waals surface area (Å²) < 4.78 is 13.0.